The summed E-state index contributed by atoms with van der Waals surface area (Å²) in [4.78, 5) is 19.9. The average molecular weight is 238 g/mol. The summed E-state index contributed by atoms with van der Waals surface area (Å²) in [7, 11) is 1.37. The van der Waals surface area contributed by atoms with E-state index in [9.17, 15) is 4.79 Å². The maximum atomic E-state index is 11.5. The van der Waals surface area contributed by atoms with Gasteiger partial charge in [0.05, 0.1) is 18.2 Å². The summed E-state index contributed by atoms with van der Waals surface area (Å²) in [5.74, 6) is -0.356. The predicted molar refractivity (Wildman–Crippen MR) is 68.4 cm³/mol. The lowest BCUT2D eigenvalue weighted by Crippen LogP contribution is -2.00. The summed E-state index contributed by atoms with van der Waals surface area (Å²) in [5.41, 5.74) is 1.26. The van der Waals surface area contributed by atoms with E-state index in [1.807, 2.05) is 12.1 Å². The van der Waals surface area contributed by atoms with Gasteiger partial charge >= 0.3 is 5.97 Å². The minimum Gasteiger partial charge on any atom is -0.465 e. The molecule has 3 rings (SSSR count). The fourth-order valence-corrected chi connectivity index (χ4v) is 1.99. The number of rotatable bonds is 1. The van der Waals surface area contributed by atoms with Crippen molar-refractivity contribution in [3.63, 3.8) is 0 Å². The Balaban J connectivity index is 2.31. The Morgan fingerprint density at radius 2 is 2.06 bits per heavy atom. The van der Waals surface area contributed by atoms with Crippen molar-refractivity contribution in [3.8, 4) is 0 Å². The number of carbonyl (C=O) groups excluding carboxylic acids is 1. The molecule has 0 radical (unpaired) electrons. The quantitative estimate of drug-likeness (QED) is 0.483. The lowest BCUT2D eigenvalue weighted by Gasteiger charge is -2.04. The Labute approximate surface area is 103 Å². The molecule has 3 aromatic rings. The van der Waals surface area contributed by atoms with Gasteiger partial charge in [0.25, 0.3) is 0 Å². The van der Waals surface area contributed by atoms with Crippen molar-refractivity contribution in [2.75, 3.05) is 7.11 Å². The van der Waals surface area contributed by atoms with E-state index < -0.39 is 0 Å². The third-order valence-electron chi connectivity index (χ3n) is 2.91. The van der Waals surface area contributed by atoms with Crippen LogP contribution in [0.3, 0.4) is 0 Å². The maximum absolute atomic E-state index is 11.5. The van der Waals surface area contributed by atoms with Crippen molar-refractivity contribution in [1.29, 1.82) is 0 Å². The van der Waals surface area contributed by atoms with Gasteiger partial charge in [-0.05, 0) is 18.2 Å². The van der Waals surface area contributed by atoms with Crippen molar-refractivity contribution < 1.29 is 9.53 Å². The second-order valence-electron chi connectivity index (χ2n) is 3.94. The van der Waals surface area contributed by atoms with Gasteiger partial charge in [-0.25, -0.2) is 4.79 Å². The van der Waals surface area contributed by atoms with Crippen molar-refractivity contribution >= 4 is 27.6 Å². The van der Waals surface area contributed by atoms with Gasteiger partial charge in [0.2, 0.25) is 0 Å². The van der Waals surface area contributed by atoms with Crippen molar-refractivity contribution in [2.45, 2.75) is 0 Å². The van der Waals surface area contributed by atoms with E-state index in [2.05, 4.69) is 9.97 Å². The van der Waals surface area contributed by atoms with E-state index in [1.54, 1.807) is 30.7 Å². The molecule has 18 heavy (non-hydrogen) atoms. The number of pyridine rings is 2. The largest absolute Gasteiger partial charge is 0.465 e. The number of nitrogens with zero attached hydrogens (tertiary/aromatic N) is 2. The number of benzene rings is 1. The Morgan fingerprint density at radius 1 is 1.17 bits per heavy atom. The number of ether oxygens (including phenoxy) is 1. The number of fused-ring (bicyclic) bond motifs is 3. The van der Waals surface area contributed by atoms with Crippen LogP contribution in [0.25, 0.3) is 21.7 Å². The van der Waals surface area contributed by atoms with Crippen molar-refractivity contribution in [1.82, 2.24) is 9.97 Å². The third kappa shape index (κ3) is 1.59. The molecule has 0 amide bonds. The standard InChI is InChI=1S/C14H10N2O2/c1-18-14(17)9-2-3-11-12-8-15-5-4-10(12)7-16-13(11)6-9/h2-8H,1H3. The minimum absolute atomic E-state index is 0.356. The molecule has 0 saturated carbocycles. The molecule has 0 bridgehead atoms. The second-order valence-corrected chi connectivity index (χ2v) is 3.94. The Kier molecular flexibility index (Phi) is 2.41. The van der Waals surface area contributed by atoms with Crippen LogP contribution in [0.15, 0.2) is 42.9 Å². The van der Waals surface area contributed by atoms with Gasteiger partial charge in [-0.15, -0.1) is 0 Å². The number of carbonyl (C=O) groups is 1. The summed E-state index contributed by atoms with van der Waals surface area (Å²) in [6, 6.07) is 7.25. The van der Waals surface area contributed by atoms with Crippen LogP contribution in [0.2, 0.25) is 0 Å². The SMILES string of the molecule is COC(=O)c1ccc2c(c1)ncc1ccncc12. The first-order chi connectivity index (χ1) is 8.79. The molecule has 0 aliphatic heterocycles. The summed E-state index contributed by atoms with van der Waals surface area (Å²) in [6.07, 6.45) is 5.32. The molecule has 0 spiro atoms. The second kappa shape index (κ2) is 4.07. The molecule has 2 aromatic heterocycles. The van der Waals surface area contributed by atoms with Crippen molar-refractivity contribution in [2.24, 2.45) is 0 Å². The topological polar surface area (TPSA) is 52.1 Å². The smallest absolute Gasteiger partial charge is 0.337 e. The monoisotopic (exact) mass is 238 g/mol. The number of hydrogen-bond acceptors (Lipinski definition) is 4. The van der Waals surface area contributed by atoms with Crippen LogP contribution in [-0.2, 0) is 4.74 Å². The van der Waals surface area contributed by atoms with Gasteiger partial charge in [0, 0.05) is 34.7 Å². The molecule has 4 nitrogen and oxygen atoms in total. The maximum Gasteiger partial charge on any atom is 0.337 e. The van der Waals surface area contributed by atoms with Crippen LogP contribution < -0.4 is 0 Å². The molecule has 0 atom stereocenters. The zero-order valence-corrected chi connectivity index (χ0v) is 9.75. The summed E-state index contributed by atoms with van der Waals surface area (Å²) < 4.78 is 4.69. The summed E-state index contributed by atoms with van der Waals surface area (Å²) in [6.45, 7) is 0. The first kappa shape index (κ1) is 10.7. The van der Waals surface area contributed by atoms with Crippen molar-refractivity contribution in [3.05, 3.63) is 48.4 Å². The van der Waals surface area contributed by atoms with Crippen LogP contribution in [-0.4, -0.2) is 23.0 Å². The van der Waals surface area contributed by atoms with E-state index in [4.69, 9.17) is 4.74 Å². The molecule has 4 heteroatoms. The van der Waals surface area contributed by atoms with Gasteiger partial charge < -0.3 is 4.74 Å². The number of hydrogen-bond donors (Lipinski definition) is 0. The fraction of sp³-hybridized carbons (Fsp3) is 0.0714. The third-order valence-corrected chi connectivity index (χ3v) is 2.91. The van der Waals surface area contributed by atoms with Crippen LogP contribution in [0.5, 0.6) is 0 Å². The first-order valence-electron chi connectivity index (χ1n) is 5.50. The fourth-order valence-electron chi connectivity index (χ4n) is 1.99. The lowest BCUT2D eigenvalue weighted by molar-refractivity contribution is 0.0601. The number of esters is 1. The van der Waals surface area contributed by atoms with Crippen LogP contribution in [0.1, 0.15) is 10.4 Å². The molecular formula is C14H10N2O2. The van der Waals surface area contributed by atoms with Crippen LogP contribution >= 0.6 is 0 Å². The molecular weight excluding hydrogens is 228 g/mol. The Bertz CT molecular complexity index is 753. The number of aromatic nitrogens is 2. The van der Waals surface area contributed by atoms with Crippen LogP contribution in [0, 0.1) is 0 Å². The van der Waals surface area contributed by atoms with E-state index in [0.29, 0.717) is 5.56 Å². The normalized spacial score (nSPS) is 10.7. The predicted octanol–water partition coefficient (Wildman–Crippen LogP) is 2.57. The summed E-state index contributed by atoms with van der Waals surface area (Å²) >= 11 is 0. The molecule has 0 aliphatic rings. The molecule has 0 unspecified atom stereocenters. The molecule has 0 saturated heterocycles. The molecule has 0 fully saturated rings. The highest BCUT2D eigenvalue weighted by atomic mass is 16.5. The Hall–Kier alpha value is -2.49. The molecule has 88 valence electrons. The van der Waals surface area contributed by atoms with E-state index in [0.717, 1.165) is 21.7 Å². The van der Waals surface area contributed by atoms with E-state index >= 15 is 0 Å². The van der Waals surface area contributed by atoms with E-state index in [-0.39, 0.29) is 5.97 Å². The van der Waals surface area contributed by atoms with E-state index in [1.165, 1.54) is 7.11 Å². The minimum atomic E-state index is -0.356. The van der Waals surface area contributed by atoms with Gasteiger partial charge in [-0.1, -0.05) is 6.07 Å². The zero-order chi connectivity index (χ0) is 12.5. The Morgan fingerprint density at radius 3 is 2.89 bits per heavy atom. The van der Waals surface area contributed by atoms with Gasteiger partial charge in [0.1, 0.15) is 0 Å². The van der Waals surface area contributed by atoms with Gasteiger partial charge in [-0.3, -0.25) is 9.97 Å². The highest BCUT2D eigenvalue weighted by Gasteiger charge is 2.08. The number of methoxy groups -OCH3 is 1. The summed E-state index contributed by atoms with van der Waals surface area (Å²) in [5, 5.41) is 3.04. The van der Waals surface area contributed by atoms with Gasteiger partial charge in [0.15, 0.2) is 0 Å². The van der Waals surface area contributed by atoms with Gasteiger partial charge in [-0.2, -0.15) is 0 Å². The lowest BCUT2D eigenvalue weighted by atomic mass is 10.1. The zero-order valence-electron chi connectivity index (χ0n) is 9.75. The molecule has 1 aromatic carbocycles. The highest BCUT2D eigenvalue weighted by molar-refractivity contribution is 6.06. The molecule has 0 N–H and O–H groups in total. The average Bonchev–Trinajstić information content (AvgIpc) is 2.45. The molecule has 2 heterocycles. The first-order valence-corrected chi connectivity index (χ1v) is 5.50. The molecule has 0 aliphatic carbocycles. The highest BCUT2D eigenvalue weighted by Crippen LogP contribution is 2.23. The van der Waals surface area contributed by atoms with Crippen LogP contribution in [0.4, 0.5) is 0 Å².